The van der Waals surface area contributed by atoms with Gasteiger partial charge in [0.15, 0.2) is 5.82 Å². The number of ether oxygens (including phenoxy) is 1. The molecule has 31 heavy (non-hydrogen) atoms. The van der Waals surface area contributed by atoms with Crippen molar-refractivity contribution >= 4 is 33.5 Å². The van der Waals surface area contributed by atoms with Crippen LogP contribution in [0.4, 0.5) is 5.82 Å². The predicted molar refractivity (Wildman–Crippen MR) is 122 cm³/mol. The number of benzene rings is 2. The highest BCUT2D eigenvalue weighted by molar-refractivity contribution is 6.08. The quantitative estimate of drug-likeness (QED) is 0.554. The van der Waals surface area contributed by atoms with E-state index in [1.54, 1.807) is 0 Å². The summed E-state index contributed by atoms with van der Waals surface area (Å²) in [5.41, 5.74) is 4.05. The number of anilines is 1. The molecule has 0 atom stereocenters. The zero-order chi connectivity index (χ0) is 21.4. The van der Waals surface area contributed by atoms with Crippen LogP contribution in [0, 0.1) is 0 Å². The number of carbonyl (C=O) groups is 1. The number of carbonyl (C=O) groups excluding carboxylic acids is 1. The van der Waals surface area contributed by atoms with Gasteiger partial charge in [0.05, 0.1) is 18.7 Å². The van der Waals surface area contributed by atoms with Crippen molar-refractivity contribution in [3.05, 3.63) is 54.2 Å². The molecule has 0 unspecified atom stereocenters. The van der Waals surface area contributed by atoms with Crippen molar-refractivity contribution in [1.82, 2.24) is 19.9 Å². The summed E-state index contributed by atoms with van der Waals surface area (Å²) in [6.07, 6.45) is 2.06. The molecule has 0 bridgehead atoms. The molecule has 0 radical (unpaired) electrons. The Morgan fingerprint density at radius 2 is 1.94 bits per heavy atom. The second kappa shape index (κ2) is 8.00. The Morgan fingerprint density at radius 1 is 1.10 bits per heavy atom. The monoisotopic (exact) mass is 415 g/mol. The Bertz CT molecular complexity index is 1270. The smallest absolute Gasteiger partial charge is 0.217 e. The molecule has 1 amide bonds. The van der Waals surface area contributed by atoms with Gasteiger partial charge in [0.1, 0.15) is 5.82 Å². The molecule has 1 saturated heterocycles. The molecule has 0 spiro atoms. The number of nitrogens with zero attached hydrogens (tertiary/aromatic N) is 4. The van der Waals surface area contributed by atoms with Crippen LogP contribution >= 0.6 is 0 Å². The van der Waals surface area contributed by atoms with Crippen molar-refractivity contribution in [1.29, 1.82) is 0 Å². The molecule has 7 heteroatoms. The third kappa shape index (κ3) is 3.72. The highest BCUT2D eigenvalue weighted by Gasteiger charge is 2.19. The van der Waals surface area contributed by atoms with Gasteiger partial charge >= 0.3 is 0 Å². The van der Waals surface area contributed by atoms with Crippen molar-refractivity contribution in [2.45, 2.75) is 13.5 Å². The Balaban J connectivity index is 1.68. The van der Waals surface area contributed by atoms with Crippen LogP contribution in [0.3, 0.4) is 0 Å². The van der Waals surface area contributed by atoms with Gasteiger partial charge in [-0.1, -0.05) is 18.2 Å². The highest BCUT2D eigenvalue weighted by atomic mass is 16.5. The zero-order valence-electron chi connectivity index (χ0n) is 17.8. The molecule has 1 fully saturated rings. The average molecular weight is 415 g/mol. The van der Waals surface area contributed by atoms with Crippen LogP contribution in [0.2, 0.25) is 0 Å². The fourth-order valence-electron chi connectivity index (χ4n) is 4.12. The van der Waals surface area contributed by atoms with Gasteiger partial charge in [-0.3, -0.25) is 4.79 Å². The van der Waals surface area contributed by atoms with Crippen LogP contribution < -0.4 is 10.2 Å². The Morgan fingerprint density at radius 3 is 2.74 bits per heavy atom. The minimum atomic E-state index is -0.0477. The van der Waals surface area contributed by atoms with E-state index in [1.165, 1.54) is 6.92 Å². The lowest BCUT2D eigenvalue weighted by atomic mass is 10.1. The first kappa shape index (κ1) is 19.5. The fourth-order valence-corrected chi connectivity index (χ4v) is 4.12. The average Bonchev–Trinajstić information content (AvgIpc) is 3.19. The number of hydrogen-bond donors (Lipinski definition) is 1. The highest BCUT2D eigenvalue weighted by Crippen LogP contribution is 2.33. The molecule has 5 rings (SSSR count). The Labute approximate surface area is 180 Å². The molecule has 1 aliphatic rings. The summed E-state index contributed by atoms with van der Waals surface area (Å²) in [5, 5.41) is 5.03. The normalized spacial score (nSPS) is 14.3. The lowest BCUT2D eigenvalue weighted by molar-refractivity contribution is -0.119. The van der Waals surface area contributed by atoms with Gasteiger partial charge in [-0.25, -0.2) is 9.97 Å². The lowest BCUT2D eigenvalue weighted by Gasteiger charge is -2.29. The first-order valence-corrected chi connectivity index (χ1v) is 10.5. The topological polar surface area (TPSA) is 72.3 Å². The third-order valence-corrected chi connectivity index (χ3v) is 5.75. The van der Waals surface area contributed by atoms with E-state index in [0.717, 1.165) is 51.8 Å². The minimum Gasteiger partial charge on any atom is -0.378 e. The van der Waals surface area contributed by atoms with E-state index >= 15 is 0 Å². The summed E-state index contributed by atoms with van der Waals surface area (Å²) >= 11 is 0. The lowest BCUT2D eigenvalue weighted by Crippen LogP contribution is -2.37. The van der Waals surface area contributed by atoms with Crippen molar-refractivity contribution in [3.8, 4) is 11.4 Å². The molecule has 0 aliphatic carbocycles. The van der Waals surface area contributed by atoms with E-state index in [0.29, 0.717) is 25.6 Å². The van der Waals surface area contributed by atoms with Crippen molar-refractivity contribution in [2.75, 3.05) is 31.2 Å². The van der Waals surface area contributed by atoms with E-state index < -0.39 is 0 Å². The van der Waals surface area contributed by atoms with Gasteiger partial charge in [0.2, 0.25) is 5.91 Å². The minimum absolute atomic E-state index is 0.0477. The summed E-state index contributed by atoms with van der Waals surface area (Å²) in [6.45, 7) is 5.01. The van der Waals surface area contributed by atoms with E-state index in [9.17, 15) is 4.79 Å². The Hall–Kier alpha value is -3.45. The fraction of sp³-hybridized carbons (Fsp3) is 0.292. The maximum Gasteiger partial charge on any atom is 0.217 e. The van der Waals surface area contributed by atoms with Gasteiger partial charge in [-0.05, 0) is 29.8 Å². The summed E-state index contributed by atoms with van der Waals surface area (Å²) in [4.78, 5) is 23.6. The van der Waals surface area contributed by atoms with Crippen LogP contribution in [-0.4, -0.2) is 46.7 Å². The van der Waals surface area contributed by atoms with Gasteiger partial charge in [0.25, 0.3) is 0 Å². The van der Waals surface area contributed by atoms with Crippen LogP contribution in [0.5, 0.6) is 0 Å². The Kier molecular flexibility index (Phi) is 5.03. The van der Waals surface area contributed by atoms with Crippen molar-refractivity contribution in [2.24, 2.45) is 7.05 Å². The number of morpholine rings is 1. The number of rotatable bonds is 4. The number of fused-ring (bicyclic) bond motifs is 3. The third-order valence-electron chi connectivity index (χ3n) is 5.75. The standard InChI is InChI=1S/C24H25N5O2/c1-16(30)25-15-17-4-3-5-18(14-17)23-26-22-19-8-9-28(2)21(19)7-6-20(22)24(27-23)29-10-12-31-13-11-29/h3-9,14H,10-13,15H2,1-2H3,(H,25,30). The van der Waals surface area contributed by atoms with Crippen molar-refractivity contribution in [3.63, 3.8) is 0 Å². The second-order valence-electron chi connectivity index (χ2n) is 7.90. The number of nitrogens with one attached hydrogen (secondary N) is 1. The molecule has 158 valence electrons. The first-order valence-electron chi connectivity index (χ1n) is 10.5. The molecular weight excluding hydrogens is 390 g/mol. The van der Waals surface area contributed by atoms with E-state index in [2.05, 4.69) is 39.2 Å². The molecule has 0 saturated carbocycles. The molecule has 2 aromatic carbocycles. The summed E-state index contributed by atoms with van der Waals surface area (Å²) in [6, 6.07) is 14.4. The SMILES string of the molecule is CC(=O)NCc1cccc(-c2nc(N3CCOCC3)c3ccc4c(ccn4C)c3n2)c1. The van der Waals surface area contributed by atoms with Gasteiger partial charge in [0, 0.05) is 61.7 Å². The van der Waals surface area contributed by atoms with Crippen LogP contribution in [-0.2, 0) is 23.1 Å². The zero-order valence-corrected chi connectivity index (χ0v) is 17.8. The van der Waals surface area contributed by atoms with Crippen LogP contribution in [0.25, 0.3) is 33.2 Å². The molecule has 4 aromatic rings. The molecule has 1 N–H and O–H groups in total. The summed E-state index contributed by atoms with van der Waals surface area (Å²) in [7, 11) is 2.05. The maximum atomic E-state index is 11.3. The largest absolute Gasteiger partial charge is 0.378 e. The molecule has 3 heterocycles. The van der Waals surface area contributed by atoms with Crippen LogP contribution in [0.1, 0.15) is 12.5 Å². The predicted octanol–water partition coefficient (Wildman–Crippen LogP) is 3.26. The number of aryl methyl sites for hydroxylation is 1. The maximum absolute atomic E-state index is 11.3. The molecule has 1 aliphatic heterocycles. The van der Waals surface area contributed by atoms with E-state index in [1.807, 2.05) is 31.3 Å². The van der Waals surface area contributed by atoms with E-state index in [-0.39, 0.29) is 5.91 Å². The number of hydrogen-bond acceptors (Lipinski definition) is 5. The molecular formula is C24H25N5O2. The van der Waals surface area contributed by atoms with Crippen molar-refractivity contribution < 1.29 is 9.53 Å². The van der Waals surface area contributed by atoms with Gasteiger partial charge < -0.3 is 19.5 Å². The second-order valence-corrected chi connectivity index (χ2v) is 7.90. The molecule has 7 nitrogen and oxygen atoms in total. The first-order chi connectivity index (χ1) is 15.1. The number of aromatic nitrogens is 3. The summed E-state index contributed by atoms with van der Waals surface area (Å²) in [5.74, 6) is 1.59. The number of amides is 1. The van der Waals surface area contributed by atoms with E-state index in [4.69, 9.17) is 14.7 Å². The van der Waals surface area contributed by atoms with Gasteiger partial charge in [-0.15, -0.1) is 0 Å². The van der Waals surface area contributed by atoms with Crippen LogP contribution in [0.15, 0.2) is 48.7 Å². The summed E-state index contributed by atoms with van der Waals surface area (Å²) < 4.78 is 7.67. The van der Waals surface area contributed by atoms with Gasteiger partial charge in [-0.2, -0.15) is 0 Å². The molecule has 2 aromatic heterocycles.